The Morgan fingerprint density at radius 1 is 1.15 bits per heavy atom. The van der Waals surface area contributed by atoms with Gasteiger partial charge < -0.3 is 10.1 Å². The van der Waals surface area contributed by atoms with Gasteiger partial charge in [0, 0.05) is 34.2 Å². The van der Waals surface area contributed by atoms with Gasteiger partial charge in [-0.3, -0.25) is 14.5 Å². The van der Waals surface area contributed by atoms with Gasteiger partial charge in [-0.05, 0) is 36.1 Å². The second-order valence-corrected chi connectivity index (χ2v) is 10.6. The van der Waals surface area contributed by atoms with E-state index in [0.717, 1.165) is 11.4 Å². The van der Waals surface area contributed by atoms with Crippen molar-refractivity contribution in [3.63, 3.8) is 0 Å². The fraction of sp³-hybridized carbons (Fsp3) is 0.385. The molecule has 7 heteroatoms. The number of para-hydroxylation sites is 2. The van der Waals surface area contributed by atoms with E-state index in [-0.39, 0.29) is 23.0 Å². The van der Waals surface area contributed by atoms with E-state index in [0.29, 0.717) is 45.5 Å². The zero-order valence-electron chi connectivity index (χ0n) is 19.5. The van der Waals surface area contributed by atoms with E-state index in [2.05, 4.69) is 19.2 Å². The molecule has 0 radical (unpaired) electrons. The average molecular weight is 487 g/mol. The van der Waals surface area contributed by atoms with Gasteiger partial charge in [0.1, 0.15) is 5.75 Å². The molecule has 1 aliphatic heterocycles. The highest BCUT2D eigenvalue weighted by atomic mass is 35.5. The Morgan fingerprint density at radius 2 is 1.85 bits per heavy atom. The molecule has 0 spiro atoms. The quantitative estimate of drug-likeness (QED) is 0.517. The van der Waals surface area contributed by atoms with E-state index in [4.69, 9.17) is 27.9 Å². The van der Waals surface area contributed by atoms with Gasteiger partial charge in [0.05, 0.1) is 29.5 Å². The van der Waals surface area contributed by atoms with Crippen molar-refractivity contribution in [1.29, 1.82) is 0 Å². The minimum atomic E-state index is -0.715. The summed E-state index contributed by atoms with van der Waals surface area (Å²) in [5.41, 5.74) is 3.26. The summed E-state index contributed by atoms with van der Waals surface area (Å²) in [4.78, 5) is 29.1. The van der Waals surface area contributed by atoms with Crippen LogP contribution >= 0.6 is 23.2 Å². The summed E-state index contributed by atoms with van der Waals surface area (Å²) in [6.07, 6.45) is 1.05. The largest absolute Gasteiger partial charge is 0.495 e. The zero-order chi connectivity index (χ0) is 24.1. The zero-order valence-corrected chi connectivity index (χ0v) is 21.0. The summed E-state index contributed by atoms with van der Waals surface area (Å²) in [7, 11) is 1.53. The molecule has 0 bridgehead atoms. The number of benzene rings is 2. The van der Waals surface area contributed by atoms with Gasteiger partial charge >= 0.3 is 0 Å². The SMILES string of the molecule is COc1cc([C@H]2C3=C(CC(C)(C)CC3=O)Nc3ccccc3N2C(=O)C(C)C)c(Cl)cc1Cl. The number of hydrogen-bond donors (Lipinski definition) is 1. The van der Waals surface area contributed by atoms with Gasteiger partial charge in [-0.25, -0.2) is 0 Å². The van der Waals surface area contributed by atoms with Crippen LogP contribution in [-0.2, 0) is 9.59 Å². The van der Waals surface area contributed by atoms with Gasteiger partial charge in [0.15, 0.2) is 5.78 Å². The first-order valence-corrected chi connectivity index (χ1v) is 11.8. The third-order valence-corrected chi connectivity index (χ3v) is 6.82. The summed E-state index contributed by atoms with van der Waals surface area (Å²) in [6.45, 7) is 7.87. The molecule has 174 valence electrons. The molecule has 33 heavy (non-hydrogen) atoms. The predicted molar refractivity (Wildman–Crippen MR) is 133 cm³/mol. The number of halogens is 2. The third-order valence-electron chi connectivity index (χ3n) is 6.20. The van der Waals surface area contributed by atoms with Crippen LogP contribution in [0.5, 0.6) is 5.75 Å². The summed E-state index contributed by atoms with van der Waals surface area (Å²) in [6, 6.07) is 10.3. The topological polar surface area (TPSA) is 58.6 Å². The smallest absolute Gasteiger partial charge is 0.230 e. The highest BCUT2D eigenvalue weighted by Gasteiger charge is 2.44. The maximum Gasteiger partial charge on any atom is 0.230 e. The van der Waals surface area contributed by atoms with E-state index in [1.54, 1.807) is 17.0 Å². The fourth-order valence-electron chi connectivity index (χ4n) is 4.71. The van der Waals surface area contributed by atoms with Crippen molar-refractivity contribution >= 4 is 46.3 Å². The highest BCUT2D eigenvalue weighted by molar-refractivity contribution is 6.36. The van der Waals surface area contributed by atoms with Crippen molar-refractivity contribution in [3.8, 4) is 5.75 Å². The van der Waals surface area contributed by atoms with Crippen molar-refractivity contribution in [3.05, 3.63) is 63.3 Å². The molecule has 2 aromatic rings. The van der Waals surface area contributed by atoms with Crippen LogP contribution in [0.3, 0.4) is 0 Å². The number of allylic oxidation sites excluding steroid dienone is 1. The Kier molecular flexibility index (Phi) is 6.23. The van der Waals surface area contributed by atoms with Crippen LogP contribution in [0.2, 0.25) is 10.0 Å². The Hall–Kier alpha value is -2.50. The molecule has 1 aliphatic carbocycles. The van der Waals surface area contributed by atoms with Gasteiger partial charge in [-0.15, -0.1) is 0 Å². The highest BCUT2D eigenvalue weighted by Crippen LogP contribution is 2.50. The number of carbonyl (C=O) groups is 2. The van der Waals surface area contributed by atoms with Crippen LogP contribution in [0.4, 0.5) is 11.4 Å². The minimum absolute atomic E-state index is 0.00176. The second-order valence-electron chi connectivity index (χ2n) is 9.75. The van der Waals surface area contributed by atoms with Crippen LogP contribution < -0.4 is 15.0 Å². The summed E-state index contributed by atoms with van der Waals surface area (Å²) >= 11 is 13.0. The molecule has 2 aliphatic rings. The Bertz CT molecular complexity index is 1170. The number of ether oxygens (including phenoxy) is 1. The van der Waals surface area contributed by atoms with Crippen molar-refractivity contribution in [1.82, 2.24) is 0 Å². The molecule has 0 fully saturated rings. The van der Waals surface area contributed by atoms with Gasteiger partial charge in [0.2, 0.25) is 5.91 Å². The predicted octanol–water partition coefficient (Wildman–Crippen LogP) is 6.80. The number of ketones is 1. The number of Topliss-reactive ketones (excluding diaryl/α,β-unsaturated/α-hetero) is 1. The van der Waals surface area contributed by atoms with Crippen LogP contribution in [0.25, 0.3) is 0 Å². The molecule has 5 nitrogen and oxygen atoms in total. The molecule has 1 atom stereocenters. The van der Waals surface area contributed by atoms with Crippen LogP contribution in [0.1, 0.15) is 52.1 Å². The first-order valence-electron chi connectivity index (χ1n) is 11.0. The second kappa shape index (κ2) is 8.69. The van der Waals surface area contributed by atoms with E-state index in [1.165, 1.54) is 7.11 Å². The first kappa shape index (κ1) is 23.7. The number of fused-ring (bicyclic) bond motifs is 1. The number of nitrogens with one attached hydrogen (secondary N) is 1. The molecule has 4 rings (SSSR count). The summed E-state index contributed by atoms with van der Waals surface area (Å²) in [5.74, 6) is 0.0266. The monoisotopic (exact) mass is 486 g/mol. The number of amides is 1. The molecular weight excluding hydrogens is 459 g/mol. The van der Waals surface area contributed by atoms with Gasteiger partial charge in [-0.1, -0.05) is 63.0 Å². The molecule has 0 unspecified atom stereocenters. The van der Waals surface area contributed by atoms with Crippen LogP contribution in [0, 0.1) is 11.3 Å². The van der Waals surface area contributed by atoms with E-state index in [9.17, 15) is 9.59 Å². The molecule has 0 saturated carbocycles. The molecule has 1 N–H and O–H groups in total. The van der Waals surface area contributed by atoms with Crippen LogP contribution in [-0.4, -0.2) is 18.8 Å². The summed E-state index contributed by atoms with van der Waals surface area (Å²) in [5, 5.41) is 4.23. The number of hydrogen-bond acceptors (Lipinski definition) is 4. The Balaban J connectivity index is 2.08. The molecule has 0 aromatic heterocycles. The molecular formula is C26H28Cl2N2O3. The normalized spacial score (nSPS) is 19.6. The number of anilines is 2. The van der Waals surface area contributed by atoms with Crippen LogP contribution in [0.15, 0.2) is 47.7 Å². The number of rotatable bonds is 3. The Morgan fingerprint density at radius 3 is 2.52 bits per heavy atom. The standard InChI is InChI=1S/C26H28Cl2N2O3/c1-14(2)25(32)30-20-9-7-6-8-18(20)29-19-12-26(3,4)13-21(31)23(19)24(30)15-10-22(33-5)17(28)11-16(15)27/h6-11,14,24,29H,12-13H2,1-5H3/t24-/m0/s1. The van der Waals surface area contributed by atoms with Crippen molar-refractivity contribution in [2.75, 3.05) is 17.3 Å². The van der Waals surface area contributed by atoms with E-state index in [1.807, 2.05) is 38.1 Å². The van der Waals surface area contributed by atoms with Gasteiger partial charge in [0.25, 0.3) is 0 Å². The maximum absolute atomic E-state index is 13.7. The number of nitrogens with zero attached hydrogens (tertiary/aromatic N) is 1. The average Bonchev–Trinajstić information content (AvgIpc) is 2.86. The van der Waals surface area contributed by atoms with Crippen molar-refractivity contribution < 1.29 is 14.3 Å². The molecule has 2 aromatic carbocycles. The van der Waals surface area contributed by atoms with Gasteiger partial charge in [-0.2, -0.15) is 0 Å². The van der Waals surface area contributed by atoms with Crippen molar-refractivity contribution in [2.24, 2.45) is 11.3 Å². The van der Waals surface area contributed by atoms with Crippen molar-refractivity contribution in [2.45, 2.75) is 46.6 Å². The lowest BCUT2D eigenvalue weighted by Crippen LogP contribution is -2.41. The molecule has 1 heterocycles. The van der Waals surface area contributed by atoms with E-state index < -0.39 is 6.04 Å². The number of methoxy groups -OCH3 is 1. The Labute approximate surface area is 204 Å². The lowest BCUT2D eigenvalue weighted by atomic mass is 9.73. The lowest BCUT2D eigenvalue weighted by molar-refractivity contribution is -0.122. The van der Waals surface area contributed by atoms with E-state index >= 15 is 0 Å². The molecule has 1 amide bonds. The lowest BCUT2D eigenvalue weighted by Gasteiger charge is -2.38. The number of carbonyl (C=O) groups excluding carboxylic acids is 2. The fourth-order valence-corrected chi connectivity index (χ4v) is 5.28. The minimum Gasteiger partial charge on any atom is -0.495 e. The molecule has 0 saturated heterocycles. The summed E-state index contributed by atoms with van der Waals surface area (Å²) < 4.78 is 5.46. The third kappa shape index (κ3) is 4.24. The maximum atomic E-state index is 13.7. The first-order chi connectivity index (χ1) is 15.5.